The fourth-order valence-corrected chi connectivity index (χ4v) is 3.58. The molecule has 0 bridgehead atoms. The van der Waals surface area contributed by atoms with E-state index in [4.69, 9.17) is 14.2 Å². The van der Waals surface area contributed by atoms with Gasteiger partial charge in [0.25, 0.3) is 5.91 Å². The van der Waals surface area contributed by atoms with Gasteiger partial charge in [-0.05, 0) is 31.9 Å². The first-order valence-corrected chi connectivity index (χ1v) is 10.8. The van der Waals surface area contributed by atoms with Gasteiger partial charge in [0.2, 0.25) is 5.91 Å². The minimum atomic E-state index is -0.338. The van der Waals surface area contributed by atoms with E-state index in [0.29, 0.717) is 50.8 Å². The lowest BCUT2D eigenvalue weighted by molar-refractivity contribution is -0.136. The van der Waals surface area contributed by atoms with Gasteiger partial charge in [0, 0.05) is 45.2 Å². The molecule has 1 aliphatic heterocycles. The third-order valence-corrected chi connectivity index (χ3v) is 5.45. The SMILES string of the molecule is CCOC(=O)N1CCN(C(=O)CCN(C(=O)COc2ccccc2OC)C2CC2)CC1. The molecule has 0 spiro atoms. The summed E-state index contributed by atoms with van der Waals surface area (Å²) in [5.41, 5.74) is 0. The number of rotatable bonds is 9. The van der Waals surface area contributed by atoms with Gasteiger partial charge in [-0.15, -0.1) is 0 Å². The maximum atomic E-state index is 12.7. The minimum Gasteiger partial charge on any atom is -0.493 e. The maximum Gasteiger partial charge on any atom is 0.409 e. The smallest absolute Gasteiger partial charge is 0.409 e. The first kappa shape index (κ1) is 22.7. The molecule has 1 saturated heterocycles. The number of nitrogens with zero attached hydrogens (tertiary/aromatic N) is 3. The molecule has 2 aliphatic rings. The predicted octanol–water partition coefficient (Wildman–Crippen LogP) is 1.76. The number of benzene rings is 1. The largest absolute Gasteiger partial charge is 0.493 e. The van der Waals surface area contributed by atoms with Crippen LogP contribution in [0.15, 0.2) is 24.3 Å². The monoisotopic (exact) mass is 433 g/mol. The second kappa shape index (κ2) is 10.9. The normalized spacial score (nSPS) is 15.9. The number of hydrogen-bond acceptors (Lipinski definition) is 6. The lowest BCUT2D eigenvalue weighted by Gasteiger charge is -2.34. The van der Waals surface area contributed by atoms with E-state index in [2.05, 4.69) is 0 Å². The molecule has 9 nitrogen and oxygen atoms in total. The van der Waals surface area contributed by atoms with E-state index in [0.717, 1.165) is 12.8 Å². The number of hydrogen-bond donors (Lipinski definition) is 0. The van der Waals surface area contributed by atoms with E-state index < -0.39 is 0 Å². The van der Waals surface area contributed by atoms with Crippen molar-refractivity contribution < 1.29 is 28.6 Å². The van der Waals surface area contributed by atoms with Crippen molar-refractivity contribution in [3.05, 3.63) is 24.3 Å². The Hall–Kier alpha value is -2.97. The quantitative estimate of drug-likeness (QED) is 0.590. The Balaban J connectivity index is 1.45. The van der Waals surface area contributed by atoms with E-state index in [1.54, 1.807) is 40.9 Å². The van der Waals surface area contributed by atoms with Crippen LogP contribution in [0.3, 0.4) is 0 Å². The van der Waals surface area contributed by atoms with Gasteiger partial charge in [-0.3, -0.25) is 9.59 Å². The Labute approximate surface area is 182 Å². The molecule has 1 saturated carbocycles. The zero-order chi connectivity index (χ0) is 22.2. The van der Waals surface area contributed by atoms with Gasteiger partial charge < -0.3 is 28.9 Å². The van der Waals surface area contributed by atoms with Crippen LogP contribution in [0.2, 0.25) is 0 Å². The van der Waals surface area contributed by atoms with Crippen LogP contribution in [0.25, 0.3) is 0 Å². The number of amides is 3. The fourth-order valence-electron chi connectivity index (χ4n) is 3.58. The van der Waals surface area contributed by atoms with Crippen LogP contribution in [-0.4, -0.2) is 91.7 Å². The topological polar surface area (TPSA) is 88.6 Å². The average Bonchev–Trinajstić information content (AvgIpc) is 3.63. The van der Waals surface area contributed by atoms with Crippen LogP contribution in [0.5, 0.6) is 11.5 Å². The van der Waals surface area contributed by atoms with E-state index in [1.807, 2.05) is 12.1 Å². The highest BCUT2D eigenvalue weighted by Gasteiger charge is 2.33. The van der Waals surface area contributed by atoms with Gasteiger partial charge in [0.05, 0.1) is 13.7 Å². The molecule has 2 fully saturated rings. The fraction of sp³-hybridized carbons (Fsp3) is 0.591. The number of ether oxygens (including phenoxy) is 3. The summed E-state index contributed by atoms with van der Waals surface area (Å²) in [5, 5.41) is 0. The highest BCUT2D eigenvalue weighted by molar-refractivity contribution is 5.81. The van der Waals surface area contributed by atoms with E-state index in [1.165, 1.54) is 0 Å². The van der Waals surface area contributed by atoms with Crippen molar-refractivity contribution in [1.82, 2.24) is 14.7 Å². The van der Waals surface area contributed by atoms with Gasteiger partial charge in [-0.25, -0.2) is 4.79 Å². The Morgan fingerprint density at radius 2 is 1.68 bits per heavy atom. The molecule has 0 unspecified atom stereocenters. The summed E-state index contributed by atoms with van der Waals surface area (Å²) in [7, 11) is 1.55. The van der Waals surface area contributed by atoms with Crippen molar-refractivity contribution in [2.45, 2.75) is 32.2 Å². The van der Waals surface area contributed by atoms with Crippen molar-refractivity contribution in [3.63, 3.8) is 0 Å². The Kier molecular flexibility index (Phi) is 7.97. The second-order valence-corrected chi connectivity index (χ2v) is 7.57. The summed E-state index contributed by atoms with van der Waals surface area (Å²) >= 11 is 0. The molecule has 9 heteroatoms. The predicted molar refractivity (Wildman–Crippen MR) is 113 cm³/mol. The zero-order valence-electron chi connectivity index (χ0n) is 18.2. The standard InChI is InChI=1S/C22H31N3O6/c1-3-30-22(28)24-14-12-23(13-15-24)20(26)10-11-25(17-8-9-17)21(27)16-31-19-7-5-4-6-18(19)29-2/h4-7,17H,3,8-16H2,1-2H3. The molecular weight excluding hydrogens is 402 g/mol. The van der Waals surface area contributed by atoms with Crippen LogP contribution in [0, 0.1) is 0 Å². The Bertz CT molecular complexity index is 774. The van der Waals surface area contributed by atoms with Crippen LogP contribution in [0.4, 0.5) is 4.79 Å². The molecule has 0 radical (unpaired) electrons. The first-order valence-electron chi connectivity index (χ1n) is 10.8. The van der Waals surface area contributed by atoms with Crippen LogP contribution >= 0.6 is 0 Å². The van der Waals surface area contributed by atoms with E-state index in [9.17, 15) is 14.4 Å². The highest BCUT2D eigenvalue weighted by Crippen LogP contribution is 2.29. The molecule has 1 heterocycles. The van der Waals surface area contributed by atoms with E-state index in [-0.39, 0.29) is 37.0 Å². The average molecular weight is 434 g/mol. The number of para-hydroxylation sites is 2. The molecule has 31 heavy (non-hydrogen) atoms. The molecule has 0 N–H and O–H groups in total. The van der Waals surface area contributed by atoms with Crippen molar-refractivity contribution in [2.24, 2.45) is 0 Å². The molecule has 0 aromatic heterocycles. The van der Waals surface area contributed by atoms with Crippen molar-refractivity contribution in [3.8, 4) is 11.5 Å². The summed E-state index contributed by atoms with van der Waals surface area (Å²) in [6.07, 6.45) is 1.82. The first-order chi connectivity index (χ1) is 15.0. The zero-order valence-corrected chi connectivity index (χ0v) is 18.2. The minimum absolute atomic E-state index is 0.00685. The third-order valence-electron chi connectivity index (χ3n) is 5.45. The number of piperazine rings is 1. The van der Waals surface area contributed by atoms with Crippen molar-refractivity contribution in [2.75, 3.05) is 53.0 Å². The number of carbonyl (C=O) groups excluding carboxylic acids is 3. The summed E-state index contributed by atoms with van der Waals surface area (Å²) in [6.45, 7) is 4.26. The molecule has 1 aliphatic carbocycles. The molecule has 170 valence electrons. The van der Waals surface area contributed by atoms with Crippen molar-refractivity contribution in [1.29, 1.82) is 0 Å². The Morgan fingerprint density at radius 3 is 2.29 bits per heavy atom. The molecule has 3 amide bonds. The maximum absolute atomic E-state index is 12.7. The molecular formula is C22H31N3O6. The van der Waals surface area contributed by atoms with Crippen molar-refractivity contribution >= 4 is 17.9 Å². The molecule has 1 aromatic carbocycles. The van der Waals surface area contributed by atoms with Crippen LogP contribution in [-0.2, 0) is 14.3 Å². The van der Waals surface area contributed by atoms with Gasteiger partial charge in [0.15, 0.2) is 18.1 Å². The second-order valence-electron chi connectivity index (χ2n) is 7.57. The van der Waals surface area contributed by atoms with Gasteiger partial charge in [-0.2, -0.15) is 0 Å². The lowest BCUT2D eigenvalue weighted by Crippen LogP contribution is -2.51. The van der Waals surface area contributed by atoms with Gasteiger partial charge in [-0.1, -0.05) is 12.1 Å². The molecule has 0 atom stereocenters. The summed E-state index contributed by atoms with van der Waals surface area (Å²) < 4.78 is 15.9. The summed E-state index contributed by atoms with van der Waals surface area (Å²) in [6, 6.07) is 7.37. The third kappa shape index (κ3) is 6.26. The van der Waals surface area contributed by atoms with Crippen LogP contribution < -0.4 is 9.47 Å². The van der Waals surface area contributed by atoms with Crippen LogP contribution in [0.1, 0.15) is 26.2 Å². The summed E-state index contributed by atoms with van der Waals surface area (Å²) in [5.74, 6) is 0.955. The molecule has 1 aromatic rings. The van der Waals surface area contributed by atoms with Gasteiger partial charge in [0.1, 0.15) is 0 Å². The Morgan fingerprint density at radius 1 is 1.03 bits per heavy atom. The molecule has 3 rings (SSSR count). The lowest BCUT2D eigenvalue weighted by atomic mass is 10.2. The summed E-state index contributed by atoms with van der Waals surface area (Å²) in [4.78, 5) is 42.3. The van der Waals surface area contributed by atoms with E-state index >= 15 is 0 Å². The van der Waals surface area contributed by atoms with Gasteiger partial charge >= 0.3 is 6.09 Å². The highest BCUT2D eigenvalue weighted by atomic mass is 16.6. The number of carbonyl (C=O) groups is 3. The number of methoxy groups -OCH3 is 1.